The number of rotatable bonds is 56. The van der Waals surface area contributed by atoms with E-state index in [2.05, 4.69) is 45.1 Å². The van der Waals surface area contributed by atoms with Crippen molar-refractivity contribution in [2.75, 3.05) is 13.2 Å². The molecule has 0 amide bonds. The summed E-state index contributed by atoms with van der Waals surface area (Å²) < 4.78 is 16.9. The van der Waals surface area contributed by atoms with Crippen molar-refractivity contribution in [3.05, 3.63) is 24.3 Å². The van der Waals surface area contributed by atoms with Gasteiger partial charge in [-0.2, -0.15) is 0 Å². The molecule has 1 unspecified atom stereocenters. The standard InChI is InChI=1S/C62H116O6/c1-4-7-10-13-16-19-21-23-25-27-28-29-30-31-32-33-35-36-38-40-43-46-49-52-55-61(64)67-58-59(57-66-60(63)54-51-48-45-42-18-15-12-9-6-3)68-62(65)56-53-50-47-44-41-39-37-34-26-24-22-20-17-14-11-8-5-2/h17,20,24,26,59H,4-16,18-19,21-23,25,27-58H2,1-3H3/b20-17-,26-24-. The average Bonchev–Trinajstić information content (AvgIpc) is 3.34. The summed E-state index contributed by atoms with van der Waals surface area (Å²) >= 11 is 0. The molecular formula is C62H116O6. The highest BCUT2D eigenvalue weighted by Gasteiger charge is 2.19. The number of esters is 3. The molecule has 0 aliphatic carbocycles. The molecule has 0 aliphatic heterocycles. The van der Waals surface area contributed by atoms with Crippen LogP contribution in [0.3, 0.4) is 0 Å². The normalized spacial score (nSPS) is 12.1. The SMILES string of the molecule is CCCCC/C=C\C/C=C\CCCCCCCCCC(=O)OC(COC(=O)CCCCCCCCCCC)COC(=O)CCCCCCCCCCCCCCCCCCCCCCCCCC. The van der Waals surface area contributed by atoms with Crippen LogP contribution < -0.4 is 0 Å². The third-order valence-electron chi connectivity index (χ3n) is 13.7. The highest BCUT2D eigenvalue weighted by molar-refractivity contribution is 5.71. The molecule has 0 saturated carbocycles. The van der Waals surface area contributed by atoms with Crippen molar-refractivity contribution in [2.24, 2.45) is 0 Å². The van der Waals surface area contributed by atoms with E-state index >= 15 is 0 Å². The topological polar surface area (TPSA) is 78.9 Å². The molecule has 0 rings (SSSR count). The molecule has 6 nitrogen and oxygen atoms in total. The molecule has 0 saturated heterocycles. The summed E-state index contributed by atoms with van der Waals surface area (Å²) in [6, 6.07) is 0. The second-order valence-electron chi connectivity index (χ2n) is 20.6. The molecule has 0 aliphatic rings. The van der Waals surface area contributed by atoms with E-state index < -0.39 is 6.10 Å². The van der Waals surface area contributed by atoms with E-state index in [0.29, 0.717) is 19.3 Å². The van der Waals surface area contributed by atoms with Crippen LogP contribution in [-0.2, 0) is 28.6 Å². The van der Waals surface area contributed by atoms with Crippen LogP contribution in [0.15, 0.2) is 24.3 Å². The smallest absolute Gasteiger partial charge is 0.306 e. The van der Waals surface area contributed by atoms with Crippen molar-refractivity contribution in [3.63, 3.8) is 0 Å². The van der Waals surface area contributed by atoms with Gasteiger partial charge in [-0.15, -0.1) is 0 Å². The predicted molar refractivity (Wildman–Crippen MR) is 293 cm³/mol. The van der Waals surface area contributed by atoms with Gasteiger partial charge in [0.25, 0.3) is 0 Å². The minimum absolute atomic E-state index is 0.0692. The molecule has 0 spiro atoms. The molecule has 68 heavy (non-hydrogen) atoms. The van der Waals surface area contributed by atoms with Crippen LogP contribution in [0.2, 0.25) is 0 Å². The van der Waals surface area contributed by atoms with E-state index in [0.717, 1.165) is 70.6 Å². The Balaban J connectivity index is 4.16. The van der Waals surface area contributed by atoms with E-state index in [9.17, 15) is 14.4 Å². The molecule has 0 aromatic rings. The van der Waals surface area contributed by atoms with E-state index in [1.807, 2.05) is 0 Å². The fraction of sp³-hybridized carbons (Fsp3) is 0.887. The molecule has 0 bridgehead atoms. The first kappa shape index (κ1) is 65.9. The number of carbonyl (C=O) groups is 3. The Morgan fingerprint density at radius 2 is 0.529 bits per heavy atom. The molecule has 0 radical (unpaired) electrons. The number of ether oxygens (including phenoxy) is 3. The van der Waals surface area contributed by atoms with Crippen LogP contribution in [0.4, 0.5) is 0 Å². The summed E-state index contributed by atoms with van der Waals surface area (Å²) in [5.41, 5.74) is 0. The van der Waals surface area contributed by atoms with Gasteiger partial charge in [-0.25, -0.2) is 0 Å². The molecule has 0 aromatic heterocycles. The third kappa shape index (κ3) is 54.8. The number of allylic oxidation sites excluding steroid dienone is 4. The summed E-state index contributed by atoms with van der Waals surface area (Å²) in [5.74, 6) is -0.859. The quantitative estimate of drug-likeness (QED) is 0.0262. The minimum Gasteiger partial charge on any atom is -0.462 e. The zero-order valence-corrected chi connectivity index (χ0v) is 45.9. The van der Waals surface area contributed by atoms with E-state index in [1.165, 1.54) is 225 Å². The number of unbranched alkanes of at least 4 members (excludes halogenated alkanes) is 41. The molecule has 0 aromatic carbocycles. The van der Waals surface area contributed by atoms with Crippen LogP contribution in [0.25, 0.3) is 0 Å². The lowest BCUT2D eigenvalue weighted by Gasteiger charge is -2.18. The summed E-state index contributed by atoms with van der Waals surface area (Å²) in [4.78, 5) is 38.1. The Morgan fingerprint density at radius 3 is 0.838 bits per heavy atom. The van der Waals surface area contributed by atoms with Crippen molar-refractivity contribution < 1.29 is 28.6 Å². The molecule has 6 heteroatoms. The molecule has 0 N–H and O–H groups in total. The molecule has 0 fully saturated rings. The van der Waals surface area contributed by atoms with Crippen LogP contribution in [0, 0.1) is 0 Å². The lowest BCUT2D eigenvalue weighted by Crippen LogP contribution is -2.30. The van der Waals surface area contributed by atoms with Gasteiger partial charge in [0.1, 0.15) is 13.2 Å². The Morgan fingerprint density at radius 1 is 0.294 bits per heavy atom. The highest BCUT2D eigenvalue weighted by Crippen LogP contribution is 2.17. The van der Waals surface area contributed by atoms with Gasteiger partial charge in [0.2, 0.25) is 0 Å². The largest absolute Gasteiger partial charge is 0.462 e. The Kier molecular flexibility index (Phi) is 55.7. The number of carbonyl (C=O) groups excluding carboxylic acids is 3. The van der Waals surface area contributed by atoms with Gasteiger partial charge in [0.15, 0.2) is 6.10 Å². The maximum absolute atomic E-state index is 12.8. The van der Waals surface area contributed by atoms with Crippen molar-refractivity contribution in [3.8, 4) is 0 Å². The summed E-state index contributed by atoms with van der Waals surface area (Å²) in [7, 11) is 0. The fourth-order valence-electron chi connectivity index (χ4n) is 9.12. The first-order valence-corrected chi connectivity index (χ1v) is 30.3. The van der Waals surface area contributed by atoms with Crippen molar-refractivity contribution in [2.45, 2.75) is 341 Å². The minimum atomic E-state index is -0.770. The highest BCUT2D eigenvalue weighted by atomic mass is 16.6. The molecule has 400 valence electrons. The zero-order chi connectivity index (χ0) is 49.3. The van der Waals surface area contributed by atoms with Gasteiger partial charge in [-0.05, 0) is 51.4 Å². The van der Waals surface area contributed by atoms with E-state index in [-0.39, 0.29) is 31.1 Å². The molecule has 1 atom stereocenters. The maximum Gasteiger partial charge on any atom is 0.306 e. The van der Waals surface area contributed by atoms with Crippen molar-refractivity contribution >= 4 is 17.9 Å². The summed E-state index contributed by atoms with van der Waals surface area (Å²) in [6.07, 6.45) is 67.6. The van der Waals surface area contributed by atoms with Crippen LogP contribution in [-0.4, -0.2) is 37.2 Å². The average molecular weight is 958 g/mol. The number of hydrogen-bond donors (Lipinski definition) is 0. The Bertz CT molecular complexity index is 1100. The first-order valence-electron chi connectivity index (χ1n) is 30.3. The van der Waals surface area contributed by atoms with Crippen LogP contribution in [0.1, 0.15) is 335 Å². The summed E-state index contributed by atoms with van der Waals surface area (Å²) in [5, 5.41) is 0. The maximum atomic E-state index is 12.8. The van der Waals surface area contributed by atoms with E-state index in [4.69, 9.17) is 14.2 Å². The monoisotopic (exact) mass is 957 g/mol. The fourth-order valence-corrected chi connectivity index (χ4v) is 9.12. The van der Waals surface area contributed by atoms with Crippen molar-refractivity contribution in [1.29, 1.82) is 0 Å². The second-order valence-corrected chi connectivity index (χ2v) is 20.6. The second kappa shape index (κ2) is 57.5. The van der Waals surface area contributed by atoms with Crippen molar-refractivity contribution in [1.82, 2.24) is 0 Å². The van der Waals surface area contributed by atoms with Gasteiger partial charge in [-0.1, -0.05) is 289 Å². The summed E-state index contributed by atoms with van der Waals surface area (Å²) in [6.45, 7) is 6.64. The van der Waals surface area contributed by atoms with Crippen LogP contribution in [0.5, 0.6) is 0 Å². The lowest BCUT2D eigenvalue weighted by atomic mass is 10.0. The van der Waals surface area contributed by atoms with Gasteiger partial charge in [0.05, 0.1) is 0 Å². The van der Waals surface area contributed by atoms with E-state index in [1.54, 1.807) is 0 Å². The van der Waals surface area contributed by atoms with Gasteiger partial charge < -0.3 is 14.2 Å². The first-order chi connectivity index (χ1) is 33.5. The molecular weight excluding hydrogens is 841 g/mol. The lowest BCUT2D eigenvalue weighted by molar-refractivity contribution is -0.167. The number of hydrogen-bond acceptors (Lipinski definition) is 6. The van der Waals surface area contributed by atoms with Crippen LogP contribution >= 0.6 is 0 Å². The van der Waals surface area contributed by atoms with Gasteiger partial charge in [-0.3, -0.25) is 14.4 Å². The predicted octanol–water partition coefficient (Wildman–Crippen LogP) is 20.3. The Labute approximate surface area is 423 Å². The van der Waals surface area contributed by atoms with Gasteiger partial charge >= 0.3 is 17.9 Å². The third-order valence-corrected chi connectivity index (χ3v) is 13.7. The molecule has 0 heterocycles. The Hall–Kier alpha value is -2.11. The van der Waals surface area contributed by atoms with Gasteiger partial charge in [0, 0.05) is 19.3 Å². The zero-order valence-electron chi connectivity index (χ0n) is 45.9.